The molecule has 0 aromatic rings. The van der Waals surface area contributed by atoms with Crippen molar-refractivity contribution >= 4 is 17.7 Å². The Balaban J connectivity index is 3.92. The van der Waals surface area contributed by atoms with Crippen LogP contribution in [0.5, 0.6) is 0 Å². The van der Waals surface area contributed by atoms with Crippen molar-refractivity contribution < 1.29 is 4.79 Å². The molecule has 1 N–H and O–H groups in total. The van der Waals surface area contributed by atoms with Crippen molar-refractivity contribution in [1.82, 2.24) is 5.32 Å². The van der Waals surface area contributed by atoms with Gasteiger partial charge in [-0.15, -0.1) is 0 Å². The normalized spacial score (nSPS) is 14.3. The van der Waals surface area contributed by atoms with Crippen molar-refractivity contribution in [3.8, 4) is 6.07 Å². The van der Waals surface area contributed by atoms with Crippen molar-refractivity contribution in [2.45, 2.75) is 26.3 Å². The van der Waals surface area contributed by atoms with E-state index in [4.69, 9.17) is 5.26 Å². The second-order valence-electron chi connectivity index (χ2n) is 2.95. The highest BCUT2D eigenvalue weighted by molar-refractivity contribution is 7.98. The predicted octanol–water partition coefficient (Wildman–Crippen LogP) is 1.40. The Bertz CT molecular complexity index is 200. The summed E-state index contributed by atoms with van der Waals surface area (Å²) in [6.07, 6.45) is 2.57. The van der Waals surface area contributed by atoms with Crippen molar-refractivity contribution in [2.24, 2.45) is 5.92 Å². The number of carbonyl (C=O) groups excluding carboxylic acids is 1. The Labute approximate surface area is 83.9 Å². The molecular formula is C9H16N2OS. The molecule has 13 heavy (non-hydrogen) atoms. The third-order valence-corrected chi connectivity index (χ3v) is 2.52. The lowest BCUT2D eigenvalue weighted by atomic mass is 10.1. The van der Waals surface area contributed by atoms with Crippen LogP contribution >= 0.6 is 11.8 Å². The van der Waals surface area contributed by atoms with Crippen molar-refractivity contribution in [1.29, 1.82) is 5.26 Å². The lowest BCUT2D eigenvalue weighted by Gasteiger charge is -2.14. The standard InChI is InChI=1S/C9H16N2OS/c1-4-8(5-10)9(12)11-7(2)6-13-3/h7-8H,4,6H2,1-3H3,(H,11,12). The molecule has 74 valence electrons. The fourth-order valence-electron chi connectivity index (χ4n) is 0.970. The number of nitriles is 1. The molecule has 0 spiro atoms. The first kappa shape index (κ1) is 12.3. The van der Waals surface area contributed by atoms with Crippen LogP contribution in [-0.4, -0.2) is 24.0 Å². The minimum Gasteiger partial charge on any atom is -0.352 e. The molecule has 0 bridgehead atoms. The molecule has 0 saturated carbocycles. The highest BCUT2D eigenvalue weighted by Crippen LogP contribution is 2.02. The molecule has 0 rings (SSSR count). The zero-order chi connectivity index (χ0) is 10.3. The molecule has 0 radical (unpaired) electrons. The maximum atomic E-state index is 11.3. The molecule has 3 nitrogen and oxygen atoms in total. The van der Waals surface area contributed by atoms with Gasteiger partial charge in [0.2, 0.25) is 5.91 Å². The predicted molar refractivity (Wildman–Crippen MR) is 55.4 cm³/mol. The van der Waals surface area contributed by atoms with Gasteiger partial charge in [0.15, 0.2) is 0 Å². The van der Waals surface area contributed by atoms with E-state index in [1.165, 1.54) is 0 Å². The van der Waals surface area contributed by atoms with Crippen molar-refractivity contribution in [3.63, 3.8) is 0 Å². The van der Waals surface area contributed by atoms with Gasteiger partial charge in [-0.25, -0.2) is 0 Å². The summed E-state index contributed by atoms with van der Waals surface area (Å²) in [5, 5.41) is 11.4. The number of nitrogens with one attached hydrogen (secondary N) is 1. The number of hydrogen-bond donors (Lipinski definition) is 1. The molecule has 4 heteroatoms. The average Bonchev–Trinajstić information content (AvgIpc) is 2.06. The number of amides is 1. The summed E-state index contributed by atoms with van der Waals surface area (Å²) in [6.45, 7) is 3.78. The van der Waals surface area contributed by atoms with Gasteiger partial charge in [0.1, 0.15) is 5.92 Å². The lowest BCUT2D eigenvalue weighted by molar-refractivity contribution is -0.123. The molecule has 2 unspecified atom stereocenters. The van der Waals surface area contributed by atoms with Crippen LogP contribution in [0.15, 0.2) is 0 Å². The second-order valence-corrected chi connectivity index (χ2v) is 3.87. The third-order valence-electron chi connectivity index (χ3n) is 1.69. The fraction of sp³-hybridized carbons (Fsp3) is 0.778. The number of thioether (sulfide) groups is 1. The molecule has 2 atom stereocenters. The smallest absolute Gasteiger partial charge is 0.237 e. The van der Waals surface area contributed by atoms with Gasteiger partial charge in [0.05, 0.1) is 6.07 Å². The summed E-state index contributed by atoms with van der Waals surface area (Å²) in [6, 6.07) is 2.12. The number of nitrogens with zero attached hydrogens (tertiary/aromatic N) is 1. The van der Waals surface area contributed by atoms with Crippen LogP contribution in [0.1, 0.15) is 20.3 Å². The Hall–Kier alpha value is -0.690. The zero-order valence-corrected chi connectivity index (χ0v) is 9.15. The molecule has 0 aliphatic carbocycles. The summed E-state index contributed by atoms with van der Waals surface area (Å²) in [7, 11) is 0. The van der Waals surface area contributed by atoms with E-state index < -0.39 is 5.92 Å². The van der Waals surface area contributed by atoms with E-state index in [0.717, 1.165) is 5.75 Å². The quantitative estimate of drug-likeness (QED) is 0.730. The van der Waals surface area contributed by atoms with Gasteiger partial charge in [-0.2, -0.15) is 17.0 Å². The van der Waals surface area contributed by atoms with Crippen LogP contribution in [0.4, 0.5) is 0 Å². The molecule has 0 aromatic heterocycles. The highest BCUT2D eigenvalue weighted by Gasteiger charge is 2.16. The van der Waals surface area contributed by atoms with Gasteiger partial charge in [-0.1, -0.05) is 6.92 Å². The SMILES string of the molecule is CCC(C#N)C(=O)NC(C)CSC. The molecular weight excluding hydrogens is 184 g/mol. The topological polar surface area (TPSA) is 52.9 Å². The first-order valence-corrected chi connectivity index (χ1v) is 5.74. The number of carbonyl (C=O) groups is 1. The Morgan fingerprint density at radius 2 is 2.31 bits per heavy atom. The summed E-state index contributed by atoms with van der Waals surface area (Å²) >= 11 is 1.68. The first-order chi connectivity index (χ1) is 6.15. The maximum absolute atomic E-state index is 11.3. The van der Waals surface area contributed by atoms with Gasteiger partial charge in [-0.3, -0.25) is 4.79 Å². The summed E-state index contributed by atoms with van der Waals surface area (Å²) < 4.78 is 0. The second kappa shape index (κ2) is 6.79. The zero-order valence-electron chi connectivity index (χ0n) is 8.33. The van der Waals surface area contributed by atoms with Gasteiger partial charge in [0, 0.05) is 11.8 Å². The van der Waals surface area contributed by atoms with Crippen LogP contribution in [0.3, 0.4) is 0 Å². The first-order valence-electron chi connectivity index (χ1n) is 4.34. The summed E-state index contributed by atoms with van der Waals surface area (Å²) in [4.78, 5) is 11.3. The molecule has 0 aliphatic rings. The van der Waals surface area contributed by atoms with E-state index in [2.05, 4.69) is 5.32 Å². The number of rotatable bonds is 5. The van der Waals surface area contributed by atoms with Crippen molar-refractivity contribution in [3.05, 3.63) is 0 Å². The third kappa shape index (κ3) is 4.79. The largest absolute Gasteiger partial charge is 0.352 e. The maximum Gasteiger partial charge on any atom is 0.237 e. The van der Waals surface area contributed by atoms with Gasteiger partial charge in [0.25, 0.3) is 0 Å². The van der Waals surface area contributed by atoms with E-state index in [1.807, 2.05) is 26.2 Å². The van der Waals surface area contributed by atoms with Gasteiger partial charge < -0.3 is 5.32 Å². The highest BCUT2D eigenvalue weighted by atomic mass is 32.2. The van der Waals surface area contributed by atoms with Crippen LogP contribution in [0, 0.1) is 17.2 Å². The number of hydrogen-bond acceptors (Lipinski definition) is 3. The van der Waals surface area contributed by atoms with E-state index in [-0.39, 0.29) is 11.9 Å². The molecule has 0 heterocycles. The molecule has 0 aromatic carbocycles. The Morgan fingerprint density at radius 1 is 1.69 bits per heavy atom. The minimum atomic E-state index is -0.496. The van der Waals surface area contributed by atoms with Gasteiger partial charge >= 0.3 is 0 Å². The molecule has 0 fully saturated rings. The molecule has 0 aliphatic heterocycles. The lowest BCUT2D eigenvalue weighted by Crippen LogP contribution is -2.37. The summed E-state index contributed by atoms with van der Waals surface area (Å²) in [5.41, 5.74) is 0. The molecule has 1 amide bonds. The van der Waals surface area contributed by atoms with Gasteiger partial charge in [-0.05, 0) is 19.6 Å². The van der Waals surface area contributed by atoms with E-state index in [9.17, 15) is 4.79 Å². The monoisotopic (exact) mass is 200 g/mol. The van der Waals surface area contributed by atoms with E-state index >= 15 is 0 Å². The summed E-state index contributed by atoms with van der Waals surface area (Å²) in [5.74, 6) is 0.240. The Morgan fingerprint density at radius 3 is 2.69 bits per heavy atom. The average molecular weight is 200 g/mol. The Kier molecular flexibility index (Phi) is 6.43. The van der Waals surface area contributed by atoms with Crippen LogP contribution < -0.4 is 5.32 Å². The van der Waals surface area contributed by atoms with Crippen LogP contribution in [-0.2, 0) is 4.79 Å². The van der Waals surface area contributed by atoms with E-state index in [1.54, 1.807) is 11.8 Å². The molecule has 0 saturated heterocycles. The minimum absolute atomic E-state index is 0.143. The van der Waals surface area contributed by atoms with E-state index in [0.29, 0.717) is 6.42 Å². The van der Waals surface area contributed by atoms with Crippen molar-refractivity contribution in [2.75, 3.05) is 12.0 Å². The van der Waals surface area contributed by atoms with Crippen LogP contribution in [0.25, 0.3) is 0 Å². The fourth-order valence-corrected chi connectivity index (χ4v) is 1.55. The van der Waals surface area contributed by atoms with Crippen LogP contribution in [0.2, 0.25) is 0 Å².